The first-order valence-corrected chi connectivity index (χ1v) is 9.27. The van der Waals surface area contributed by atoms with E-state index in [0.29, 0.717) is 0 Å². The lowest BCUT2D eigenvalue weighted by Gasteiger charge is -2.20. The second kappa shape index (κ2) is 11.8. The molecule has 1 aromatic rings. The fraction of sp³-hybridized carbons (Fsp3) is 0.579. The summed E-state index contributed by atoms with van der Waals surface area (Å²) in [5.41, 5.74) is 2.31. The Bertz CT molecular complexity index is 563. The molecule has 0 saturated carbocycles. The van der Waals surface area contributed by atoms with E-state index in [1.54, 1.807) is 0 Å². The third-order valence-electron chi connectivity index (χ3n) is 4.12. The van der Waals surface area contributed by atoms with E-state index in [-0.39, 0.29) is 0 Å². The van der Waals surface area contributed by atoms with Gasteiger partial charge in [-0.3, -0.25) is 0 Å². The summed E-state index contributed by atoms with van der Waals surface area (Å²) in [5.74, 6) is -2.79. The van der Waals surface area contributed by atoms with E-state index in [0.717, 1.165) is 35.9 Å². The van der Waals surface area contributed by atoms with E-state index in [2.05, 4.69) is 24.8 Å². The van der Waals surface area contributed by atoms with Crippen molar-refractivity contribution in [3.05, 3.63) is 28.3 Å². The van der Waals surface area contributed by atoms with E-state index in [1.165, 1.54) is 44.3 Å². The summed E-state index contributed by atoms with van der Waals surface area (Å²) in [7, 11) is 0. The predicted molar refractivity (Wildman–Crippen MR) is 101 cm³/mol. The fourth-order valence-electron chi connectivity index (χ4n) is 2.91. The molecule has 1 heterocycles. The largest absolute Gasteiger partial charge is 0.492 e. The molecule has 6 nitrogen and oxygen atoms in total. The molecule has 0 spiro atoms. The van der Waals surface area contributed by atoms with Gasteiger partial charge in [-0.15, -0.1) is 0 Å². The van der Waals surface area contributed by atoms with Crippen LogP contribution in [0.2, 0.25) is 5.02 Å². The summed E-state index contributed by atoms with van der Waals surface area (Å²) in [4.78, 5) is 20.8. The van der Waals surface area contributed by atoms with Crippen LogP contribution < -0.4 is 4.74 Å². The number of nitrogens with zero attached hydrogens (tertiary/aromatic N) is 1. The normalized spacial score (nSPS) is 14.7. The quantitative estimate of drug-likeness (QED) is 0.592. The Morgan fingerprint density at radius 2 is 1.65 bits per heavy atom. The first-order chi connectivity index (χ1) is 12.3. The predicted octanol–water partition coefficient (Wildman–Crippen LogP) is 3.76. The van der Waals surface area contributed by atoms with Crippen molar-refractivity contribution >= 4 is 23.5 Å². The average molecular weight is 386 g/mol. The number of aliphatic carboxylic acids is 2. The van der Waals surface area contributed by atoms with Gasteiger partial charge in [0, 0.05) is 6.54 Å². The maximum absolute atomic E-state index is 9.10. The van der Waals surface area contributed by atoms with Crippen LogP contribution in [0.1, 0.15) is 43.2 Å². The minimum absolute atomic E-state index is 0.734. The van der Waals surface area contributed by atoms with Crippen LogP contribution in [-0.4, -0.2) is 53.3 Å². The van der Waals surface area contributed by atoms with Gasteiger partial charge < -0.3 is 19.8 Å². The number of benzene rings is 1. The lowest BCUT2D eigenvalue weighted by molar-refractivity contribution is -0.159. The van der Waals surface area contributed by atoms with Gasteiger partial charge in [0.1, 0.15) is 5.75 Å². The lowest BCUT2D eigenvalue weighted by Crippen LogP contribution is -2.26. The van der Waals surface area contributed by atoms with Gasteiger partial charge in [0.2, 0.25) is 0 Å². The van der Waals surface area contributed by atoms with E-state index in [1.807, 2.05) is 6.07 Å². The summed E-state index contributed by atoms with van der Waals surface area (Å²) < 4.78 is 5.89. The molecular weight excluding hydrogens is 358 g/mol. The van der Waals surface area contributed by atoms with Gasteiger partial charge in [-0.05, 0) is 63.4 Å². The molecule has 2 rings (SSSR count). The molecule has 0 atom stereocenters. The van der Waals surface area contributed by atoms with Crippen LogP contribution in [0.5, 0.6) is 5.75 Å². The molecule has 0 bridgehead atoms. The highest BCUT2D eigenvalue weighted by atomic mass is 35.5. The standard InChI is InChI=1S/C17H26ClNO.C2H2O4/c1-14-12-15(2)17(16(18)13-14)20-11-7-10-19-8-5-3-4-6-9-19;3-1(4)2(5)6/h12-13H,3-11H2,1-2H3;(H,3,4)(H,5,6). The highest BCUT2D eigenvalue weighted by Gasteiger charge is 2.10. The van der Waals surface area contributed by atoms with Gasteiger partial charge in [0.15, 0.2) is 0 Å². The minimum atomic E-state index is -1.82. The number of carboxylic acid groups (broad SMARTS) is 2. The molecule has 0 unspecified atom stereocenters. The van der Waals surface area contributed by atoms with Crippen LogP contribution in [0.25, 0.3) is 0 Å². The maximum Gasteiger partial charge on any atom is 0.414 e. The molecule has 1 fully saturated rings. The fourth-order valence-corrected chi connectivity index (χ4v) is 3.28. The van der Waals surface area contributed by atoms with Crippen molar-refractivity contribution in [1.82, 2.24) is 4.90 Å². The minimum Gasteiger partial charge on any atom is -0.492 e. The monoisotopic (exact) mass is 385 g/mol. The van der Waals surface area contributed by atoms with Crippen LogP contribution in [0.15, 0.2) is 12.1 Å². The smallest absolute Gasteiger partial charge is 0.414 e. The van der Waals surface area contributed by atoms with Gasteiger partial charge in [0.05, 0.1) is 11.6 Å². The molecular formula is C19H28ClNO5. The number of likely N-dealkylation sites (tertiary alicyclic amines) is 1. The Labute approximate surface area is 159 Å². The third kappa shape index (κ3) is 8.54. The Morgan fingerprint density at radius 1 is 1.08 bits per heavy atom. The number of carboxylic acids is 2. The van der Waals surface area contributed by atoms with Gasteiger partial charge >= 0.3 is 11.9 Å². The van der Waals surface area contributed by atoms with E-state index in [4.69, 9.17) is 36.1 Å². The van der Waals surface area contributed by atoms with Crippen molar-refractivity contribution in [3.63, 3.8) is 0 Å². The third-order valence-corrected chi connectivity index (χ3v) is 4.40. The number of rotatable bonds is 5. The first kappa shape index (κ1) is 22.3. The SMILES string of the molecule is Cc1cc(C)c(OCCCN2CCCCCC2)c(Cl)c1.O=C(O)C(=O)O. The van der Waals surface area contributed by atoms with Gasteiger partial charge in [0.25, 0.3) is 0 Å². The average Bonchev–Trinajstić information content (AvgIpc) is 2.82. The molecule has 0 aromatic heterocycles. The Kier molecular flexibility index (Phi) is 10.1. The molecule has 0 radical (unpaired) electrons. The summed E-state index contributed by atoms with van der Waals surface area (Å²) in [5, 5.41) is 15.5. The number of aryl methyl sites for hydroxylation is 2. The number of carbonyl (C=O) groups is 2. The second-order valence-corrected chi connectivity index (χ2v) is 6.87. The summed E-state index contributed by atoms with van der Waals surface area (Å²) in [6.45, 7) is 8.52. The van der Waals surface area contributed by atoms with Crippen molar-refractivity contribution in [2.75, 3.05) is 26.2 Å². The molecule has 1 aliphatic heterocycles. The van der Waals surface area contributed by atoms with Gasteiger partial charge in [-0.1, -0.05) is 30.5 Å². The van der Waals surface area contributed by atoms with Crippen molar-refractivity contribution in [3.8, 4) is 5.75 Å². The number of ether oxygens (including phenoxy) is 1. The zero-order valence-electron chi connectivity index (χ0n) is 15.5. The van der Waals surface area contributed by atoms with Crippen LogP contribution in [-0.2, 0) is 9.59 Å². The first-order valence-electron chi connectivity index (χ1n) is 8.89. The van der Waals surface area contributed by atoms with Crippen molar-refractivity contribution in [1.29, 1.82) is 0 Å². The highest BCUT2D eigenvalue weighted by Crippen LogP contribution is 2.29. The molecule has 1 aliphatic rings. The number of halogens is 1. The molecule has 146 valence electrons. The molecule has 1 aromatic carbocycles. The summed E-state index contributed by atoms with van der Waals surface area (Å²) in [6, 6.07) is 4.09. The number of hydrogen-bond donors (Lipinski definition) is 2. The van der Waals surface area contributed by atoms with E-state index < -0.39 is 11.9 Å². The van der Waals surface area contributed by atoms with Crippen LogP contribution in [0.4, 0.5) is 0 Å². The van der Waals surface area contributed by atoms with E-state index in [9.17, 15) is 0 Å². The Morgan fingerprint density at radius 3 is 2.15 bits per heavy atom. The van der Waals surface area contributed by atoms with Gasteiger partial charge in [-0.25, -0.2) is 9.59 Å². The maximum atomic E-state index is 9.10. The summed E-state index contributed by atoms with van der Waals surface area (Å²) in [6.07, 6.45) is 6.56. The lowest BCUT2D eigenvalue weighted by atomic mass is 10.1. The highest BCUT2D eigenvalue weighted by molar-refractivity contribution is 6.32. The molecule has 0 amide bonds. The van der Waals surface area contributed by atoms with Crippen LogP contribution in [0, 0.1) is 13.8 Å². The summed E-state index contributed by atoms with van der Waals surface area (Å²) >= 11 is 6.25. The molecule has 2 N–H and O–H groups in total. The molecule has 0 aliphatic carbocycles. The molecule has 26 heavy (non-hydrogen) atoms. The number of hydrogen-bond acceptors (Lipinski definition) is 4. The molecule has 1 saturated heterocycles. The molecule has 7 heteroatoms. The Balaban J connectivity index is 0.000000487. The topological polar surface area (TPSA) is 87.1 Å². The van der Waals surface area contributed by atoms with Crippen molar-refractivity contribution < 1.29 is 24.5 Å². The van der Waals surface area contributed by atoms with Crippen LogP contribution in [0.3, 0.4) is 0 Å². The van der Waals surface area contributed by atoms with Crippen molar-refractivity contribution in [2.24, 2.45) is 0 Å². The zero-order valence-corrected chi connectivity index (χ0v) is 16.2. The Hall–Kier alpha value is -1.79. The zero-order chi connectivity index (χ0) is 19.5. The van der Waals surface area contributed by atoms with Crippen molar-refractivity contribution in [2.45, 2.75) is 46.0 Å². The second-order valence-electron chi connectivity index (χ2n) is 6.46. The van der Waals surface area contributed by atoms with E-state index >= 15 is 0 Å². The van der Waals surface area contributed by atoms with Crippen LogP contribution >= 0.6 is 11.6 Å². The van der Waals surface area contributed by atoms with Gasteiger partial charge in [-0.2, -0.15) is 0 Å².